The number of hydrogen-bond acceptors (Lipinski definition) is 0. The van der Waals surface area contributed by atoms with Crippen LogP contribution in [0.4, 0.5) is 8.78 Å². The maximum atomic E-state index is 13.5. The molecule has 82 valence electrons. The molecule has 0 aromatic heterocycles. The van der Waals surface area contributed by atoms with Gasteiger partial charge in [-0.15, -0.1) is 0 Å². The van der Waals surface area contributed by atoms with Crippen molar-refractivity contribution in [1.29, 1.82) is 0 Å². The summed E-state index contributed by atoms with van der Waals surface area (Å²) < 4.78 is 26.5. The third-order valence-electron chi connectivity index (χ3n) is 2.49. The van der Waals surface area contributed by atoms with Gasteiger partial charge < -0.3 is 0 Å². The quantitative estimate of drug-likeness (QED) is 0.718. The zero-order chi connectivity index (χ0) is 11.5. The molecule has 0 amide bonds. The Bertz CT molecular complexity index is 504. The van der Waals surface area contributed by atoms with E-state index in [1.54, 1.807) is 18.2 Å². The van der Waals surface area contributed by atoms with Gasteiger partial charge in [0.1, 0.15) is 11.6 Å². The molecule has 0 saturated carbocycles. The summed E-state index contributed by atoms with van der Waals surface area (Å²) in [6, 6.07) is 11.3. The monoisotopic (exact) mass is 218 g/mol. The van der Waals surface area contributed by atoms with Crippen molar-refractivity contribution in [3.8, 4) is 0 Å². The minimum absolute atomic E-state index is 0.232. The molecule has 0 aliphatic heterocycles. The summed E-state index contributed by atoms with van der Waals surface area (Å²) in [7, 11) is 0. The molecule has 2 rings (SSSR count). The first-order chi connectivity index (χ1) is 7.65. The van der Waals surface area contributed by atoms with E-state index in [9.17, 15) is 8.78 Å². The second kappa shape index (κ2) is 4.44. The van der Waals surface area contributed by atoms with E-state index in [0.717, 1.165) is 11.1 Å². The minimum atomic E-state index is -0.287. The lowest BCUT2D eigenvalue weighted by molar-refractivity contribution is 0.610. The zero-order valence-corrected chi connectivity index (χ0v) is 9.00. The summed E-state index contributed by atoms with van der Waals surface area (Å²) in [5, 5.41) is 0. The van der Waals surface area contributed by atoms with Crippen LogP contribution in [0.15, 0.2) is 42.5 Å². The van der Waals surface area contributed by atoms with Gasteiger partial charge in [-0.2, -0.15) is 0 Å². The average molecular weight is 218 g/mol. The van der Waals surface area contributed by atoms with Crippen molar-refractivity contribution < 1.29 is 8.78 Å². The van der Waals surface area contributed by atoms with E-state index >= 15 is 0 Å². The van der Waals surface area contributed by atoms with Crippen LogP contribution in [0.5, 0.6) is 0 Å². The molecule has 0 saturated heterocycles. The molecule has 2 aromatic carbocycles. The fourth-order valence-corrected chi connectivity index (χ4v) is 1.66. The topological polar surface area (TPSA) is 0 Å². The van der Waals surface area contributed by atoms with Crippen molar-refractivity contribution in [3.05, 3.63) is 70.8 Å². The van der Waals surface area contributed by atoms with Gasteiger partial charge in [0, 0.05) is 6.42 Å². The lowest BCUT2D eigenvalue weighted by Crippen LogP contribution is -1.93. The Morgan fingerprint density at radius 1 is 1.00 bits per heavy atom. The Kier molecular flexibility index (Phi) is 3.00. The molecule has 0 N–H and O–H groups in total. The Morgan fingerprint density at radius 2 is 1.81 bits per heavy atom. The maximum Gasteiger partial charge on any atom is 0.126 e. The van der Waals surface area contributed by atoms with E-state index < -0.39 is 0 Å². The smallest absolute Gasteiger partial charge is 0.126 e. The normalized spacial score (nSPS) is 10.4. The van der Waals surface area contributed by atoms with Crippen LogP contribution in [0.2, 0.25) is 0 Å². The van der Waals surface area contributed by atoms with Gasteiger partial charge in [-0.25, -0.2) is 8.78 Å². The molecule has 0 heterocycles. The predicted molar refractivity (Wildman–Crippen MR) is 60.3 cm³/mol. The van der Waals surface area contributed by atoms with Crippen LogP contribution in [-0.2, 0) is 6.42 Å². The van der Waals surface area contributed by atoms with Crippen molar-refractivity contribution >= 4 is 0 Å². The second-order valence-corrected chi connectivity index (χ2v) is 3.90. The lowest BCUT2D eigenvalue weighted by Gasteiger charge is -2.04. The van der Waals surface area contributed by atoms with Crippen molar-refractivity contribution in [2.45, 2.75) is 13.3 Å². The number of halogens is 2. The average Bonchev–Trinajstić information content (AvgIpc) is 2.22. The number of benzene rings is 2. The van der Waals surface area contributed by atoms with E-state index in [2.05, 4.69) is 0 Å². The van der Waals surface area contributed by atoms with Gasteiger partial charge in [0.05, 0.1) is 0 Å². The summed E-state index contributed by atoms with van der Waals surface area (Å²) in [6.45, 7) is 1.84. The summed E-state index contributed by atoms with van der Waals surface area (Å²) in [4.78, 5) is 0. The molecule has 0 fully saturated rings. The molecule has 2 heteroatoms. The molecule has 0 aliphatic rings. The zero-order valence-electron chi connectivity index (χ0n) is 9.00. The molecular weight excluding hydrogens is 206 g/mol. The fourth-order valence-electron chi connectivity index (χ4n) is 1.66. The number of aryl methyl sites for hydroxylation is 1. The fraction of sp³-hybridized carbons (Fsp3) is 0.143. The van der Waals surface area contributed by atoms with Crippen LogP contribution in [0.1, 0.15) is 16.7 Å². The number of hydrogen-bond donors (Lipinski definition) is 0. The highest BCUT2D eigenvalue weighted by Crippen LogP contribution is 2.15. The van der Waals surface area contributed by atoms with Crippen molar-refractivity contribution in [3.63, 3.8) is 0 Å². The molecule has 0 aliphatic carbocycles. The molecular formula is C14H12F2. The van der Waals surface area contributed by atoms with Gasteiger partial charge in [0.25, 0.3) is 0 Å². The highest BCUT2D eigenvalue weighted by atomic mass is 19.1. The van der Waals surface area contributed by atoms with Gasteiger partial charge >= 0.3 is 0 Å². The molecule has 0 nitrogen and oxygen atoms in total. The van der Waals surface area contributed by atoms with Crippen molar-refractivity contribution in [1.82, 2.24) is 0 Å². The molecule has 0 unspecified atom stereocenters. The number of rotatable bonds is 2. The summed E-state index contributed by atoms with van der Waals surface area (Å²) in [5.74, 6) is -0.519. The predicted octanol–water partition coefficient (Wildman–Crippen LogP) is 3.86. The SMILES string of the molecule is Cc1ccc(Cc2cccc(F)c2)c(F)c1. The van der Waals surface area contributed by atoms with Gasteiger partial charge in [0.15, 0.2) is 0 Å². The first-order valence-electron chi connectivity index (χ1n) is 5.14. The third kappa shape index (κ3) is 2.45. The van der Waals surface area contributed by atoms with Gasteiger partial charge in [-0.05, 0) is 41.8 Å². The summed E-state index contributed by atoms with van der Waals surface area (Å²) in [6.07, 6.45) is 0.421. The van der Waals surface area contributed by atoms with E-state index in [1.165, 1.54) is 18.2 Å². The van der Waals surface area contributed by atoms with Crippen LogP contribution in [0.25, 0.3) is 0 Å². The van der Waals surface area contributed by atoms with Gasteiger partial charge in [0.2, 0.25) is 0 Å². The third-order valence-corrected chi connectivity index (χ3v) is 2.49. The van der Waals surface area contributed by atoms with Crippen molar-refractivity contribution in [2.75, 3.05) is 0 Å². The van der Waals surface area contributed by atoms with Crippen LogP contribution in [0, 0.1) is 18.6 Å². The summed E-state index contributed by atoms with van der Waals surface area (Å²) >= 11 is 0. The highest BCUT2D eigenvalue weighted by molar-refractivity contribution is 5.29. The summed E-state index contributed by atoms with van der Waals surface area (Å²) in [5.41, 5.74) is 2.26. The minimum Gasteiger partial charge on any atom is -0.207 e. The highest BCUT2D eigenvalue weighted by Gasteiger charge is 2.04. The van der Waals surface area contributed by atoms with Crippen molar-refractivity contribution in [2.24, 2.45) is 0 Å². The Balaban J connectivity index is 2.27. The molecule has 0 bridgehead atoms. The largest absolute Gasteiger partial charge is 0.207 e. The molecule has 0 spiro atoms. The second-order valence-electron chi connectivity index (χ2n) is 3.90. The van der Waals surface area contributed by atoms with Crippen LogP contribution >= 0.6 is 0 Å². The Morgan fingerprint density at radius 3 is 2.50 bits per heavy atom. The Labute approximate surface area is 93.5 Å². The van der Waals surface area contributed by atoms with Crippen LogP contribution in [-0.4, -0.2) is 0 Å². The van der Waals surface area contributed by atoms with Crippen LogP contribution < -0.4 is 0 Å². The van der Waals surface area contributed by atoms with E-state index in [4.69, 9.17) is 0 Å². The van der Waals surface area contributed by atoms with Crippen LogP contribution in [0.3, 0.4) is 0 Å². The first kappa shape index (κ1) is 10.8. The van der Waals surface area contributed by atoms with E-state index in [1.807, 2.05) is 13.0 Å². The first-order valence-corrected chi connectivity index (χ1v) is 5.14. The molecule has 2 aromatic rings. The standard InChI is InChI=1S/C14H12F2/c1-10-5-6-12(14(16)7-10)8-11-3-2-4-13(15)9-11/h2-7,9H,8H2,1H3. The lowest BCUT2D eigenvalue weighted by atomic mass is 10.0. The Hall–Kier alpha value is -1.70. The maximum absolute atomic E-state index is 13.5. The molecule has 16 heavy (non-hydrogen) atoms. The molecule has 0 radical (unpaired) electrons. The van der Waals surface area contributed by atoms with Gasteiger partial charge in [-0.3, -0.25) is 0 Å². The molecule has 0 atom stereocenters. The van der Waals surface area contributed by atoms with E-state index in [0.29, 0.717) is 12.0 Å². The van der Waals surface area contributed by atoms with Gasteiger partial charge in [-0.1, -0.05) is 24.3 Å². The van der Waals surface area contributed by atoms with E-state index in [-0.39, 0.29) is 11.6 Å².